The lowest BCUT2D eigenvalue weighted by atomic mass is 10.1. The van der Waals surface area contributed by atoms with Gasteiger partial charge in [0.2, 0.25) is 0 Å². The molecule has 1 atom stereocenters. The number of nitrogens with one attached hydrogen (secondary N) is 1. The van der Waals surface area contributed by atoms with E-state index in [-0.39, 0.29) is 5.92 Å². The molecule has 1 aliphatic heterocycles. The van der Waals surface area contributed by atoms with Gasteiger partial charge in [0.15, 0.2) is 11.3 Å². The Hall–Kier alpha value is -2.70. The number of H-pyrrole nitrogens is 1. The summed E-state index contributed by atoms with van der Waals surface area (Å²) in [5.41, 5.74) is 2.28. The Morgan fingerprint density at radius 2 is 2.29 bits per heavy atom. The van der Waals surface area contributed by atoms with E-state index in [4.69, 9.17) is 5.11 Å². The van der Waals surface area contributed by atoms with Gasteiger partial charge in [0, 0.05) is 36.6 Å². The summed E-state index contributed by atoms with van der Waals surface area (Å²) in [6, 6.07) is 3.87. The monoisotopic (exact) mass is 283 g/mol. The van der Waals surface area contributed by atoms with Gasteiger partial charge in [-0.2, -0.15) is 0 Å². The Bertz CT molecular complexity index is 844. The molecular weight excluding hydrogens is 270 g/mol. The van der Waals surface area contributed by atoms with Gasteiger partial charge >= 0.3 is 5.97 Å². The van der Waals surface area contributed by atoms with E-state index in [2.05, 4.69) is 25.1 Å². The Morgan fingerprint density at radius 1 is 1.38 bits per heavy atom. The molecule has 0 aromatic carbocycles. The molecule has 4 heterocycles. The first-order chi connectivity index (χ1) is 10.2. The van der Waals surface area contributed by atoms with Gasteiger partial charge in [-0.05, 0) is 18.6 Å². The van der Waals surface area contributed by atoms with Crippen LogP contribution in [0, 0.1) is 5.92 Å². The van der Waals surface area contributed by atoms with Crippen LogP contribution in [-0.4, -0.2) is 44.3 Å². The highest BCUT2D eigenvalue weighted by Gasteiger charge is 2.29. The highest BCUT2D eigenvalue weighted by atomic mass is 16.4. The fraction of sp³-hybridized carbons (Fsp3) is 0.286. The Kier molecular flexibility index (Phi) is 2.53. The van der Waals surface area contributed by atoms with Crippen molar-refractivity contribution in [2.24, 2.45) is 5.92 Å². The molecule has 4 rings (SSSR count). The topological polar surface area (TPSA) is 95.0 Å². The number of aromatic nitrogens is 4. The number of hydrogen-bond acceptors (Lipinski definition) is 5. The summed E-state index contributed by atoms with van der Waals surface area (Å²) in [4.78, 5) is 20.5. The van der Waals surface area contributed by atoms with E-state index < -0.39 is 5.97 Å². The smallest absolute Gasteiger partial charge is 0.308 e. The number of carboxylic acid groups (broad SMARTS) is 1. The number of carbonyl (C=O) groups is 1. The zero-order chi connectivity index (χ0) is 14.4. The normalized spacial score (nSPS) is 18.7. The van der Waals surface area contributed by atoms with Crippen LogP contribution in [-0.2, 0) is 4.79 Å². The van der Waals surface area contributed by atoms with Gasteiger partial charge in [-0.3, -0.25) is 4.79 Å². The molecule has 106 valence electrons. The SMILES string of the molecule is O=C(O)C1CCN(c2cc[nH]c3nnc4nccc4c23)C1. The standard InChI is InChI=1S/C14H13N5O2/c20-14(21)8-3-6-19(7-8)10-2-5-16-13-11(10)9-1-4-15-12(9)17-18-13/h1-2,4-5,8H,3,6-7H2,(H,16,18)(H,20,21). The van der Waals surface area contributed by atoms with Gasteiger partial charge in [0.25, 0.3) is 0 Å². The van der Waals surface area contributed by atoms with E-state index >= 15 is 0 Å². The summed E-state index contributed by atoms with van der Waals surface area (Å²) in [5, 5.41) is 19.3. The summed E-state index contributed by atoms with van der Waals surface area (Å²) >= 11 is 0. The van der Waals surface area contributed by atoms with Crippen LogP contribution in [0.25, 0.3) is 22.1 Å². The molecule has 0 aliphatic carbocycles. The molecule has 1 saturated heterocycles. The Labute approximate surface area is 119 Å². The average Bonchev–Trinajstić information content (AvgIpc) is 3.15. The molecule has 3 aromatic rings. The first-order valence-corrected chi connectivity index (χ1v) is 6.80. The molecule has 1 aliphatic rings. The summed E-state index contributed by atoms with van der Waals surface area (Å²) < 4.78 is 0. The lowest BCUT2D eigenvalue weighted by Crippen LogP contribution is -2.23. The third kappa shape index (κ3) is 1.81. The highest BCUT2D eigenvalue weighted by Crippen LogP contribution is 2.33. The zero-order valence-electron chi connectivity index (χ0n) is 11.2. The molecule has 0 saturated carbocycles. The van der Waals surface area contributed by atoms with Crippen LogP contribution in [0.5, 0.6) is 0 Å². The molecule has 7 nitrogen and oxygen atoms in total. The van der Waals surface area contributed by atoms with Crippen LogP contribution in [0.1, 0.15) is 6.42 Å². The zero-order valence-corrected chi connectivity index (χ0v) is 11.2. The fourth-order valence-corrected chi connectivity index (χ4v) is 2.96. The second-order valence-corrected chi connectivity index (χ2v) is 5.24. The molecule has 3 aromatic heterocycles. The van der Waals surface area contributed by atoms with Crippen LogP contribution in [0.4, 0.5) is 5.69 Å². The molecule has 0 radical (unpaired) electrons. The number of anilines is 1. The Morgan fingerprint density at radius 3 is 3.10 bits per heavy atom. The van der Waals surface area contributed by atoms with Crippen molar-refractivity contribution in [1.82, 2.24) is 20.2 Å². The Balaban J connectivity index is 1.89. The fourth-order valence-electron chi connectivity index (χ4n) is 2.96. The van der Waals surface area contributed by atoms with E-state index in [9.17, 15) is 4.79 Å². The first kappa shape index (κ1) is 12.1. The second kappa shape index (κ2) is 4.41. The molecule has 1 fully saturated rings. The molecular formula is C14H13N5O2. The van der Waals surface area contributed by atoms with Crippen LogP contribution < -0.4 is 4.90 Å². The number of nitrogens with zero attached hydrogens (tertiary/aromatic N) is 4. The van der Waals surface area contributed by atoms with Crippen molar-refractivity contribution >= 4 is 33.7 Å². The maximum absolute atomic E-state index is 11.1. The van der Waals surface area contributed by atoms with E-state index in [1.165, 1.54) is 0 Å². The second-order valence-electron chi connectivity index (χ2n) is 5.24. The summed E-state index contributed by atoms with van der Waals surface area (Å²) in [6.45, 7) is 1.25. The number of hydrogen-bond donors (Lipinski definition) is 2. The molecule has 1 unspecified atom stereocenters. The quantitative estimate of drug-likeness (QED) is 0.738. The maximum atomic E-state index is 11.1. The van der Waals surface area contributed by atoms with Gasteiger partial charge in [-0.1, -0.05) is 0 Å². The minimum atomic E-state index is -0.732. The minimum absolute atomic E-state index is 0.313. The lowest BCUT2D eigenvalue weighted by molar-refractivity contribution is -0.140. The summed E-state index contributed by atoms with van der Waals surface area (Å²) in [5.74, 6) is -1.04. The third-order valence-corrected chi connectivity index (χ3v) is 4.03. The minimum Gasteiger partial charge on any atom is -0.481 e. The van der Waals surface area contributed by atoms with Crippen LogP contribution in [0.3, 0.4) is 0 Å². The van der Waals surface area contributed by atoms with Gasteiger partial charge < -0.3 is 15.0 Å². The lowest BCUT2D eigenvalue weighted by Gasteiger charge is -2.20. The molecule has 7 heteroatoms. The number of pyridine rings is 1. The van der Waals surface area contributed by atoms with Gasteiger partial charge in [0.1, 0.15) is 0 Å². The predicted octanol–water partition coefficient (Wildman–Crippen LogP) is 1.42. The van der Waals surface area contributed by atoms with Gasteiger partial charge in [-0.15, -0.1) is 10.2 Å². The van der Waals surface area contributed by atoms with Crippen molar-refractivity contribution in [2.45, 2.75) is 6.42 Å². The number of rotatable bonds is 2. The molecule has 0 amide bonds. The van der Waals surface area contributed by atoms with E-state index in [0.717, 1.165) is 23.0 Å². The average molecular weight is 283 g/mol. The highest BCUT2D eigenvalue weighted by molar-refractivity contribution is 6.08. The van der Waals surface area contributed by atoms with Crippen molar-refractivity contribution in [3.8, 4) is 0 Å². The molecule has 2 N–H and O–H groups in total. The summed E-state index contributed by atoms with van der Waals surface area (Å²) in [7, 11) is 0. The molecule has 0 bridgehead atoms. The predicted molar refractivity (Wildman–Crippen MR) is 77.1 cm³/mol. The van der Waals surface area contributed by atoms with Crippen LogP contribution >= 0.6 is 0 Å². The summed E-state index contributed by atoms with van der Waals surface area (Å²) in [6.07, 6.45) is 4.18. The van der Waals surface area contributed by atoms with Crippen molar-refractivity contribution in [3.63, 3.8) is 0 Å². The van der Waals surface area contributed by atoms with Crippen molar-refractivity contribution in [3.05, 3.63) is 24.5 Å². The van der Waals surface area contributed by atoms with E-state index in [1.54, 1.807) is 6.20 Å². The number of fused-ring (bicyclic) bond motifs is 3. The van der Waals surface area contributed by atoms with Crippen LogP contribution in [0.2, 0.25) is 0 Å². The maximum Gasteiger partial charge on any atom is 0.308 e. The van der Waals surface area contributed by atoms with Crippen molar-refractivity contribution < 1.29 is 9.90 Å². The number of aliphatic carboxylic acids is 1. The van der Waals surface area contributed by atoms with Crippen molar-refractivity contribution in [1.29, 1.82) is 0 Å². The largest absolute Gasteiger partial charge is 0.481 e. The number of carboxylic acids is 1. The molecule has 0 spiro atoms. The van der Waals surface area contributed by atoms with Crippen molar-refractivity contribution in [2.75, 3.05) is 18.0 Å². The van der Waals surface area contributed by atoms with Gasteiger partial charge in [0.05, 0.1) is 11.3 Å². The molecule has 21 heavy (non-hydrogen) atoms. The van der Waals surface area contributed by atoms with E-state index in [0.29, 0.717) is 24.3 Å². The number of aromatic amines is 1. The van der Waals surface area contributed by atoms with Gasteiger partial charge in [-0.25, -0.2) is 4.98 Å². The third-order valence-electron chi connectivity index (χ3n) is 4.03. The van der Waals surface area contributed by atoms with E-state index in [1.807, 2.05) is 18.3 Å². The first-order valence-electron chi connectivity index (χ1n) is 6.80. The van der Waals surface area contributed by atoms with Crippen LogP contribution in [0.15, 0.2) is 24.5 Å².